The van der Waals surface area contributed by atoms with E-state index in [1.165, 1.54) is 23.5 Å². The summed E-state index contributed by atoms with van der Waals surface area (Å²) in [5, 5.41) is 22.2. The zero-order valence-electron chi connectivity index (χ0n) is 88.7. The second-order valence-corrected chi connectivity index (χ2v) is 32.4. The van der Waals surface area contributed by atoms with Gasteiger partial charge in [0, 0.05) is 245 Å². The molecule has 3 N–H and O–H groups in total. The summed E-state index contributed by atoms with van der Waals surface area (Å²) >= 11 is 1.51. The van der Waals surface area contributed by atoms with Gasteiger partial charge in [-0.3, -0.25) is 43.6 Å². The molecule has 11 aromatic heterocycles. The Labute approximate surface area is 855 Å². The molecule has 34 heteroatoms. The van der Waals surface area contributed by atoms with Gasteiger partial charge in [0.05, 0.1) is 204 Å². The second kappa shape index (κ2) is 49.0. The molecule has 732 valence electrons. The van der Waals surface area contributed by atoms with Gasteiger partial charge in [-0.05, 0) is 109 Å². The summed E-state index contributed by atoms with van der Waals surface area (Å²) in [4.78, 5) is 57.2. The lowest BCUT2D eigenvalue weighted by Crippen LogP contribution is -2.32. The van der Waals surface area contributed by atoms with Crippen LogP contribution in [0.2, 0.25) is 0 Å². The summed E-state index contributed by atoms with van der Waals surface area (Å²) in [6, 6.07) is 51.7. The number of nitrogen functional groups attached to an aromatic ring is 1. The first-order valence-corrected chi connectivity index (χ1v) is 44.5. The number of ether oxygens (including phenoxy) is 8. The van der Waals surface area contributed by atoms with Crippen LogP contribution in [0.25, 0.3) is 89.2 Å². The molecule has 8 aromatic carbocycles. The SMILES string of the molecule is C.C.C.COc1cc(OC)cc(N(CC#Cc2cccc(N)n2)c2ccc3ncc(-c4cnn(C)c4)nc3c2)c1.COc1cc(OC)cc(N(CC#Cc2ccncc2)c2ccc3ncc(-c4cnn(C)c4)nc3c2)c1.COc1cc(OC)cc(N(CC#Cc2nccs2)c2ccc3ncc(-c4cnn(C)c4)nc3c2)c1.[2H]C([2H])([2H])Oc1cc(OC([2H])([2H])[2H])cc(N(c2ccc3ncc(-c4cnn(C)c4)nc3c2)C([2H])([2H])C([2H])([2H])NC(C)C)c1. The first-order valence-electron chi connectivity index (χ1n) is 48.7. The average Bonchev–Trinajstić information content (AvgIpc) is 0.848. The normalized spacial score (nSPS) is 11.9. The summed E-state index contributed by atoms with van der Waals surface area (Å²) in [7, 11) is 11.3. The predicted octanol–water partition coefficient (Wildman–Crippen LogP) is 19.6. The fraction of sp³-hybridized carbons (Fsp3) is 0.209. The van der Waals surface area contributed by atoms with Crippen LogP contribution in [0.15, 0.2) is 274 Å². The minimum Gasteiger partial charge on any atom is -0.497 e. The number of anilines is 9. The number of hydrogen-bond donors (Lipinski definition) is 2. The maximum atomic E-state index is 9.05. The smallest absolute Gasteiger partial charge is 0.166 e. The number of methoxy groups -OCH3 is 8. The molecular formula is C110H113N25O8S. The number of aryl methyl sites for hydroxylation is 4. The van der Waals surface area contributed by atoms with Crippen molar-refractivity contribution in [3.63, 3.8) is 0 Å². The first-order chi connectivity index (χ1) is 72.5. The van der Waals surface area contributed by atoms with Gasteiger partial charge in [0.15, 0.2) is 5.01 Å². The third-order valence-electron chi connectivity index (χ3n) is 21.4. The fourth-order valence-corrected chi connectivity index (χ4v) is 14.9. The highest BCUT2D eigenvalue weighted by atomic mass is 32.1. The molecule has 0 spiro atoms. The quantitative estimate of drug-likeness (QED) is 0.0452. The van der Waals surface area contributed by atoms with Crippen LogP contribution in [0.1, 0.15) is 66.1 Å². The molecule has 19 rings (SSSR count). The lowest BCUT2D eigenvalue weighted by molar-refractivity contribution is 0.394. The topological polar surface area (TPSA) is 338 Å². The van der Waals surface area contributed by atoms with Gasteiger partial charge < -0.3 is 68.5 Å². The zero-order valence-corrected chi connectivity index (χ0v) is 79.5. The third kappa shape index (κ3) is 26.3. The number of nitrogens with one attached hydrogen (secondary N) is 1. The number of nitrogens with zero attached hydrogens (tertiary/aromatic N) is 23. The van der Waals surface area contributed by atoms with E-state index in [-0.39, 0.29) is 45.2 Å². The number of rotatable bonds is 27. The molecule has 0 aliphatic rings. The van der Waals surface area contributed by atoms with E-state index >= 15 is 0 Å². The summed E-state index contributed by atoms with van der Waals surface area (Å²) in [5.41, 5.74) is 24.3. The molecule has 0 saturated carbocycles. The van der Waals surface area contributed by atoms with Crippen LogP contribution in [-0.2, 0) is 28.2 Å². The van der Waals surface area contributed by atoms with Gasteiger partial charge in [-0.15, -0.1) is 11.3 Å². The number of pyridine rings is 2. The molecule has 0 bridgehead atoms. The minimum atomic E-state index is -2.94. The molecule has 0 radical (unpaired) electrons. The van der Waals surface area contributed by atoms with Crippen LogP contribution >= 0.6 is 11.3 Å². The number of aromatic nitrogens is 19. The highest BCUT2D eigenvalue weighted by molar-refractivity contribution is 7.10. The Kier molecular flexibility index (Phi) is 30.5. The summed E-state index contributed by atoms with van der Waals surface area (Å²) in [5.74, 6) is 23.0. The van der Waals surface area contributed by atoms with Gasteiger partial charge in [-0.1, -0.05) is 65.9 Å². The number of fused-ring (bicyclic) bond motifs is 4. The highest BCUT2D eigenvalue weighted by Crippen LogP contribution is 2.40. The van der Waals surface area contributed by atoms with E-state index in [4.69, 9.17) is 72.3 Å². The van der Waals surface area contributed by atoms with Crippen LogP contribution in [0.4, 0.5) is 51.3 Å². The van der Waals surface area contributed by atoms with Crippen LogP contribution in [-0.4, -0.2) is 189 Å². The lowest BCUT2D eigenvalue weighted by atomic mass is 10.2. The first kappa shape index (κ1) is 89.8. The van der Waals surface area contributed by atoms with E-state index in [1.807, 2.05) is 179 Å². The van der Waals surface area contributed by atoms with Crippen LogP contribution in [0.3, 0.4) is 0 Å². The van der Waals surface area contributed by atoms with Gasteiger partial charge in [0.25, 0.3) is 0 Å². The summed E-state index contributed by atoms with van der Waals surface area (Å²) < 4.78 is 130. The molecule has 0 fully saturated rings. The molecular weight excluding hydrogens is 1830 g/mol. The molecule has 0 saturated heterocycles. The van der Waals surface area contributed by atoms with Gasteiger partial charge in [-0.2, -0.15) is 20.4 Å². The zero-order chi connectivity index (χ0) is 107. The molecule has 0 atom stereocenters. The minimum absolute atomic E-state index is 0. The molecule has 11 heterocycles. The van der Waals surface area contributed by atoms with Gasteiger partial charge >= 0.3 is 0 Å². The van der Waals surface area contributed by atoms with Crippen LogP contribution < -0.4 is 68.5 Å². The van der Waals surface area contributed by atoms with Crippen molar-refractivity contribution in [3.8, 4) is 127 Å². The average molecular weight is 1960 g/mol. The number of thiazole rings is 1. The van der Waals surface area contributed by atoms with E-state index in [1.54, 1.807) is 169 Å². The predicted molar refractivity (Wildman–Crippen MR) is 572 cm³/mol. The van der Waals surface area contributed by atoms with E-state index < -0.39 is 33.1 Å². The number of benzene rings is 8. The summed E-state index contributed by atoms with van der Waals surface area (Å²) in [6.07, 6.45) is 26.5. The van der Waals surface area contributed by atoms with E-state index in [9.17, 15) is 0 Å². The Morgan fingerprint density at radius 3 is 1.01 bits per heavy atom. The Balaban J connectivity index is 0.000000170. The van der Waals surface area contributed by atoms with Crippen LogP contribution in [0, 0.1) is 35.5 Å². The Morgan fingerprint density at radius 1 is 0.368 bits per heavy atom. The molecule has 0 aliphatic carbocycles. The number of hydrogen-bond acceptors (Lipinski definition) is 30. The van der Waals surface area contributed by atoms with Crippen molar-refractivity contribution >= 4 is 107 Å². The standard InChI is InChI=1S/C28H25N7O2.C28H24N6O2.C26H22N6O2S.C25H30N6O2.3CH4/c1-34-18-19(16-31-34)27-17-30-25-10-9-21(14-26(25)33-27)35(11-5-7-20-6-4-8-28(29)32-20)22-12-23(36-2)15-24(13-22)37-3;1-33-19-21(17-31-33)28-18-30-26-7-6-22(15-27(26)32-28)34(12-4-5-20-8-10-29-11-9-20)23-13-24(35-2)16-25(14-23)36-3;1-31-17-18(15-29-31)25-16-28-23-7-6-19(13-24(23)30-25)32(9-4-5-26-27-8-10-35-26)20-11-21(33-2)14-22(12-20)34-3;1-17(2)26-8-9-31(20-10-21(32-4)13-22(11-20)33-5)19-6-7-23-24(12-19)29-25(15-27-23)18-14-28-30(3)16-18;;;/h4,6,8-10,12-18H,11H2,1-3H3,(H2,29,32);6-11,13-19H,12H2,1-3H3;6-8,10-17H,9H2,1-3H3;6-7,10-17,26H,8-9H2,1-5H3;3*1H4/i;;;4D3,5D3,8D2,9D2;;;. The van der Waals surface area contributed by atoms with Gasteiger partial charge in [-0.25, -0.2) is 29.9 Å². The van der Waals surface area contributed by atoms with Crippen molar-refractivity contribution in [2.24, 2.45) is 28.2 Å². The number of nitrogens with two attached hydrogens (primary N) is 1. The monoisotopic (exact) mass is 1950 g/mol. The van der Waals surface area contributed by atoms with Crippen molar-refractivity contribution in [2.45, 2.75) is 42.2 Å². The molecule has 33 nitrogen and oxygen atoms in total. The van der Waals surface area contributed by atoms with E-state index in [0.29, 0.717) is 87.9 Å². The van der Waals surface area contributed by atoms with Crippen molar-refractivity contribution in [1.29, 1.82) is 0 Å². The van der Waals surface area contributed by atoms with Crippen molar-refractivity contribution < 1.29 is 51.6 Å². The van der Waals surface area contributed by atoms with Gasteiger partial charge in [0.2, 0.25) is 0 Å². The molecule has 0 aliphatic heterocycles. The van der Waals surface area contributed by atoms with Crippen molar-refractivity contribution in [3.05, 3.63) is 291 Å². The largest absolute Gasteiger partial charge is 0.497 e. The Bertz CT molecular complexity index is 8170. The lowest BCUT2D eigenvalue weighted by Gasteiger charge is -2.27. The molecule has 144 heavy (non-hydrogen) atoms. The fourth-order valence-electron chi connectivity index (χ4n) is 14.4. The third-order valence-corrected chi connectivity index (χ3v) is 22.1. The molecule has 19 aromatic rings. The molecule has 0 amide bonds. The van der Waals surface area contributed by atoms with E-state index in [0.717, 1.165) is 135 Å². The molecule has 0 unspecified atom stereocenters. The van der Waals surface area contributed by atoms with E-state index in [2.05, 4.69) is 116 Å². The second-order valence-electron chi connectivity index (χ2n) is 31.5. The Morgan fingerprint density at radius 2 is 0.701 bits per heavy atom. The van der Waals surface area contributed by atoms with Crippen molar-refractivity contribution in [2.75, 3.05) is 115 Å². The Hall–Kier alpha value is -18.1. The highest BCUT2D eigenvalue weighted by Gasteiger charge is 2.22. The van der Waals surface area contributed by atoms with Crippen LogP contribution in [0.5, 0.6) is 46.0 Å². The van der Waals surface area contributed by atoms with Crippen molar-refractivity contribution in [1.82, 2.24) is 99.3 Å². The maximum absolute atomic E-state index is 9.05. The maximum Gasteiger partial charge on any atom is 0.166 e. The summed E-state index contributed by atoms with van der Waals surface area (Å²) in [6.45, 7) is -1.06. The van der Waals surface area contributed by atoms with Gasteiger partial charge in [0.1, 0.15) is 57.5 Å².